The van der Waals surface area contributed by atoms with Crippen LogP contribution in [-0.2, 0) is 6.54 Å². The van der Waals surface area contributed by atoms with Gasteiger partial charge >= 0.3 is 6.03 Å². The van der Waals surface area contributed by atoms with E-state index in [0.29, 0.717) is 11.6 Å². The summed E-state index contributed by atoms with van der Waals surface area (Å²) in [6.07, 6.45) is 5.56. The largest absolute Gasteiger partial charge is 0.326 e. The summed E-state index contributed by atoms with van der Waals surface area (Å²) in [5.74, 6) is 1.05. The number of likely N-dealkylation sites (tertiary alicyclic amines) is 1. The van der Waals surface area contributed by atoms with Crippen LogP contribution in [0.5, 0.6) is 0 Å². The van der Waals surface area contributed by atoms with E-state index in [-0.39, 0.29) is 6.03 Å². The fourth-order valence-electron chi connectivity index (χ4n) is 3.39. The number of hydrogen-bond donors (Lipinski definition) is 2. The Morgan fingerprint density at radius 2 is 1.93 bits per heavy atom. The minimum atomic E-state index is -0.351. The van der Waals surface area contributed by atoms with E-state index in [1.54, 1.807) is 12.3 Å². The molecule has 150 valence electrons. The lowest BCUT2D eigenvalue weighted by Gasteiger charge is -2.26. The summed E-state index contributed by atoms with van der Waals surface area (Å²) in [5, 5.41) is 8.24. The average molecular weight is 409 g/mol. The van der Waals surface area contributed by atoms with Crippen molar-refractivity contribution in [2.45, 2.75) is 32.7 Å². The van der Waals surface area contributed by atoms with E-state index in [1.807, 2.05) is 36.6 Å². The van der Waals surface area contributed by atoms with Gasteiger partial charge in [0.15, 0.2) is 0 Å². The van der Waals surface area contributed by atoms with Crippen molar-refractivity contribution in [2.24, 2.45) is 0 Å². The normalized spacial score (nSPS) is 14.5. The Hall–Kier alpha value is -2.84. The van der Waals surface area contributed by atoms with Gasteiger partial charge in [0.05, 0.1) is 5.69 Å². The fraction of sp³-hybridized carbons (Fsp3) is 0.333. The first-order chi connectivity index (χ1) is 14.2. The maximum Gasteiger partial charge on any atom is 0.326 e. The Kier molecular flexibility index (Phi) is 6.12. The van der Waals surface area contributed by atoms with Crippen molar-refractivity contribution in [1.82, 2.24) is 19.9 Å². The monoisotopic (exact) mass is 408 g/mol. The Balaban J connectivity index is 1.35. The first-order valence-electron chi connectivity index (χ1n) is 9.80. The zero-order chi connectivity index (χ0) is 20.1. The molecule has 7 nitrogen and oxygen atoms in total. The van der Waals surface area contributed by atoms with E-state index >= 15 is 0 Å². The Morgan fingerprint density at radius 1 is 1.10 bits per heavy atom. The molecular weight excluding hydrogens is 384 g/mol. The molecule has 3 aromatic rings. The van der Waals surface area contributed by atoms with Crippen molar-refractivity contribution >= 4 is 29.0 Å². The van der Waals surface area contributed by atoms with Crippen LogP contribution in [0.1, 0.15) is 30.7 Å². The third kappa shape index (κ3) is 5.36. The lowest BCUT2D eigenvalue weighted by molar-refractivity contribution is 0.218. The van der Waals surface area contributed by atoms with Crippen molar-refractivity contribution in [1.29, 1.82) is 0 Å². The molecule has 1 aliphatic rings. The molecule has 0 saturated carbocycles. The van der Waals surface area contributed by atoms with Crippen LogP contribution in [0.3, 0.4) is 0 Å². The van der Waals surface area contributed by atoms with Gasteiger partial charge in [-0.05, 0) is 57.1 Å². The quantitative estimate of drug-likeness (QED) is 0.648. The molecule has 0 bridgehead atoms. The molecule has 2 amide bonds. The summed E-state index contributed by atoms with van der Waals surface area (Å²) in [6.45, 7) is 4.99. The maximum atomic E-state index is 12.4. The highest BCUT2D eigenvalue weighted by Crippen LogP contribution is 2.26. The molecule has 0 aliphatic carbocycles. The number of anilines is 2. The Morgan fingerprint density at radius 3 is 2.76 bits per heavy atom. The number of aromatic nitrogens is 3. The van der Waals surface area contributed by atoms with Gasteiger partial charge in [0.1, 0.15) is 16.6 Å². The van der Waals surface area contributed by atoms with Gasteiger partial charge < -0.3 is 0 Å². The van der Waals surface area contributed by atoms with E-state index in [0.717, 1.165) is 41.6 Å². The van der Waals surface area contributed by atoms with Crippen molar-refractivity contribution < 1.29 is 4.79 Å². The van der Waals surface area contributed by atoms with Crippen molar-refractivity contribution in [3.63, 3.8) is 0 Å². The number of carbonyl (C=O) groups is 1. The molecule has 4 rings (SSSR count). The average Bonchev–Trinajstić information content (AvgIpc) is 3.17. The number of piperidine rings is 1. The van der Waals surface area contributed by atoms with Crippen molar-refractivity contribution in [3.05, 3.63) is 53.3 Å². The number of hydrogen-bond acceptors (Lipinski definition) is 6. The number of nitrogens with zero attached hydrogens (tertiary/aromatic N) is 4. The van der Waals surface area contributed by atoms with Crippen molar-refractivity contribution in [3.8, 4) is 10.6 Å². The molecule has 0 spiro atoms. The molecule has 1 aliphatic heterocycles. The van der Waals surface area contributed by atoms with E-state index in [9.17, 15) is 4.79 Å². The van der Waals surface area contributed by atoms with Crippen LogP contribution in [0.4, 0.5) is 16.4 Å². The van der Waals surface area contributed by atoms with Crippen LogP contribution in [0, 0.1) is 6.92 Å². The predicted octanol–water partition coefficient (Wildman–Crippen LogP) is 4.54. The molecule has 0 radical (unpaired) electrons. The molecule has 1 saturated heterocycles. The fourth-order valence-corrected chi connectivity index (χ4v) is 4.14. The number of carbonyl (C=O) groups excluding carboxylic acids is 1. The minimum Gasteiger partial charge on any atom is -0.298 e. The second kappa shape index (κ2) is 9.11. The summed E-state index contributed by atoms with van der Waals surface area (Å²) in [7, 11) is 0. The number of thiazole rings is 1. The van der Waals surface area contributed by atoms with Crippen LogP contribution >= 0.6 is 11.3 Å². The third-order valence-electron chi connectivity index (χ3n) is 4.77. The van der Waals surface area contributed by atoms with Crippen LogP contribution in [0.25, 0.3) is 10.6 Å². The number of aryl methyl sites for hydroxylation is 1. The van der Waals surface area contributed by atoms with Gasteiger partial charge in [-0.3, -0.25) is 20.5 Å². The zero-order valence-corrected chi connectivity index (χ0v) is 17.2. The minimum absolute atomic E-state index is 0.351. The SMILES string of the molecule is Cc1cc(-c2nc(NC(=O)Nc3cccc(CN4CCCCC4)n3)cs2)ccn1. The van der Waals surface area contributed by atoms with Gasteiger partial charge in [0.2, 0.25) is 0 Å². The lowest BCUT2D eigenvalue weighted by Crippen LogP contribution is -2.29. The number of pyridine rings is 2. The first kappa shape index (κ1) is 19.5. The van der Waals surface area contributed by atoms with Gasteiger partial charge in [-0.2, -0.15) is 0 Å². The van der Waals surface area contributed by atoms with Gasteiger partial charge in [-0.25, -0.2) is 14.8 Å². The van der Waals surface area contributed by atoms with Gasteiger partial charge in [-0.15, -0.1) is 11.3 Å². The Bertz CT molecular complexity index is 983. The topological polar surface area (TPSA) is 83.0 Å². The molecule has 8 heteroatoms. The van der Waals surface area contributed by atoms with E-state index in [2.05, 4.69) is 30.5 Å². The van der Waals surface area contributed by atoms with Crippen LogP contribution in [0.2, 0.25) is 0 Å². The van der Waals surface area contributed by atoms with Crippen LogP contribution in [-0.4, -0.2) is 39.0 Å². The second-order valence-corrected chi connectivity index (χ2v) is 8.01. The smallest absolute Gasteiger partial charge is 0.298 e. The summed E-state index contributed by atoms with van der Waals surface area (Å²) >= 11 is 1.48. The maximum absolute atomic E-state index is 12.4. The summed E-state index contributed by atoms with van der Waals surface area (Å²) in [5.41, 5.74) is 2.89. The van der Waals surface area contributed by atoms with E-state index in [1.165, 1.54) is 30.6 Å². The highest BCUT2D eigenvalue weighted by molar-refractivity contribution is 7.13. The molecule has 1 fully saturated rings. The van der Waals surface area contributed by atoms with Gasteiger partial charge in [0, 0.05) is 29.4 Å². The number of nitrogens with one attached hydrogen (secondary N) is 2. The number of amides is 2. The Labute approximate surface area is 174 Å². The third-order valence-corrected chi connectivity index (χ3v) is 5.66. The standard InChI is InChI=1S/C21H24N6OS/c1-15-12-16(8-9-22-15)20-24-19(14-29-20)26-21(28)25-18-7-5-6-17(23-18)13-27-10-3-2-4-11-27/h5-9,12,14H,2-4,10-11,13H2,1H3,(H2,23,25,26,28). The van der Waals surface area contributed by atoms with Gasteiger partial charge in [0.25, 0.3) is 0 Å². The predicted molar refractivity (Wildman–Crippen MR) is 116 cm³/mol. The highest BCUT2D eigenvalue weighted by atomic mass is 32.1. The number of rotatable bonds is 5. The summed E-state index contributed by atoms with van der Waals surface area (Å²) in [4.78, 5) is 28.0. The zero-order valence-electron chi connectivity index (χ0n) is 16.4. The second-order valence-electron chi connectivity index (χ2n) is 7.15. The van der Waals surface area contributed by atoms with E-state index < -0.39 is 0 Å². The molecule has 0 aromatic carbocycles. The molecule has 2 N–H and O–H groups in total. The highest BCUT2D eigenvalue weighted by Gasteiger charge is 2.12. The molecule has 4 heterocycles. The van der Waals surface area contributed by atoms with E-state index in [4.69, 9.17) is 0 Å². The van der Waals surface area contributed by atoms with Gasteiger partial charge in [-0.1, -0.05) is 12.5 Å². The summed E-state index contributed by atoms with van der Waals surface area (Å²) in [6, 6.07) is 9.25. The lowest BCUT2D eigenvalue weighted by atomic mass is 10.1. The molecule has 0 atom stereocenters. The molecular formula is C21H24N6OS. The van der Waals surface area contributed by atoms with Crippen LogP contribution < -0.4 is 10.6 Å². The number of urea groups is 1. The molecule has 29 heavy (non-hydrogen) atoms. The summed E-state index contributed by atoms with van der Waals surface area (Å²) < 4.78 is 0. The molecule has 0 unspecified atom stereocenters. The van der Waals surface area contributed by atoms with Crippen LogP contribution in [0.15, 0.2) is 41.9 Å². The van der Waals surface area contributed by atoms with Crippen molar-refractivity contribution in [2.75, 3.05) is 23.7 Å². The molecule has 3 aromatic heterocycles. The first-order valence-corrected chi connectivity index (χ1v) is 10.7.